The van der Waals surface area contributed by atoms with E-state index in [9.17, 15) is 9.59 Å². The number of ether oxygens (including phenoxy) is 1. The third kappa shape index (κ3) is 5.85. The highest BCUT2D eigenvalue weighted by molar-refractivity contribution is 6.02. The van der Waals surface area contributed by atoms with E-state index in [0.29, 0.717) is 17.8 Å². The monoisotopic (exact) mass is 476 g/mol. The van der Waals surface area contributed by atoms with Crippen LogP contribution in [0.25, 0.3) is 0 Å². The first-order chi connectivity index (χ1) is 17.2. The average Bonchev–Trinajstić information content (AvgIpc) is 2.85. The van der Waals surface area contributed by atoms with Gasteiger partial charge in [-0.3, -0.25) is 14.5 Å². The van der Waals surface area contributed by atoms with Crippen LogP contribution >= 0.6 is 0 Å². The first kappa shape index (κ1) is 23.8. The van der Waals surface area contributed by atoms with Crippen LogP contribution in [0.1, 0.15) is 47.2 Å². The van der Waals surface area contributed by atoms with Crippen molar-refractivity contribution >= 4 is 23.2 Å². The summed E-state index contributed by atoms with van der Waals surface area (Å²) >= 11 is 0. The predicted molar refractivity (Wildman–Crippen MR) is 138 cm³/mol. The van der Waals surface area contributed by atoms with Gasteiger partial charge in [-0.2, -0.15) is 0 Å². The van der Waals surface area contributed by atoms with Crippen molar-refractivity contribution < 1.29 is 14.3 Å². The van der Waals surface area contributed by atoms with Crippen LogP contribution in [0.3, 0.4) is 0 Å². The molecule has 0 radical (unpaired) electrons. The molecule has 0 spiro atoms. The van der Waals surface area contributed by atoms with Crippen molar-refractivity contribution in [3.63, 3.8) is 0 Å². The standard InChI is InChI=1S/C28H36N4O3/c33-27(22-7-3-8-22)30-24-9-10-26(32-14-11-21-5-1-2-6-23(21)20-32)25(19-24)28(34)29-12-4-13-31-15-17-35-18-16-31/h1-2,5-6,9-10,19,22H,3-4,7-8,11-18,20H2,(H,29,34)(H,30,33). The maximum Gasteiger partial charge on any atom is 0.253 e. The fourth-order valence-corrected chi connectivity index (χ4v) is 5.11. The highest BCUT2D eigenvalue weighted by Gasteiger charge is 2.26. The fourth-order valence-electron chi connectivity index (χ4n) is 5.11. The smallest absolute Gasteiger partial charge is 0.253 e. The van der Waals surface area contributed by atoms with Gasteiger partial charge in [0.1, 0.15) is 0 Å². The van der Waals surface area contributed by atoms with Crippen molar-refractivity contribution in [3.8, 4) is 0 Å². The SMILES string of the molecule is O=C(NCCCN1CCOCC1)c1cc(NC(=O)C2CCC2)ccc1N1CCc2ccccc2C1. The first-order valence-electron chi connectivity index (χ1n) is 13.0. The van der Waals surface area contributed by atoms with E-state index in [1.165, 1.54) is 11.1 Å². The normalized spacial score (nSPS) is 18.5. The Morgan fingerprint density at radius 3 is 2.57 bits per heavy atom. The van der Waals surface area contributed by atoms with Crippen molar-refractivity contribution in [2.45, 2.75) is 38.6 Å². The molecule has 7 nitrogen and oxygen atoms in total. The summed E-state index contributed by atoms with van der Waals surface area (Å²) < 4.78 is 5.41. The maximum atomic E-state index is 13.4. The van der Waals surface area contributed by atoms with Gasteiger partial charge < -0.3 is 20.3 Å². The Morgan fingerprint density at radius 2 is 1.80 bits per heavy atom. The summed E-state index contributed by atoms with van der Waals surface area (Å²) in [4.78, 5) is 30.5. The first-order valence-corrected chi connectivity index (χ1v) is 13.0. The number of benzene rings is 2. The van der Waals surface area contributed by atoms with E-state index in [1.807, 2.05) is 18.2 Å². The van der Waals surface area contributed by atoms with Crippen molar-refractivity contribution in [2.24, 2.45) is 5.92 Å². The van der Waals surface area contributed by atoms with Gasteiger partial charge in [-0.1, -0.05) is 30.7 Å². The molecule has 2 fully saturated rings. The minimum Gasteiger partial charge on any atom is -0.379 e. The Balaban J connectivity index is 1.29. The number of rotatable bonds is 8. The predicted octanol–water partition coefficient (Wildman–Crippen LogP) is 3.44. The van der Waals surface area contributed by atoms with Crippen LogP contribution in [0.4, 0.5) is 11.4 Å². The van der Waals surface area contributed by atoms with Crippen LogP contribution in [-0.2, 0) is 22.5 Å². The zero-order chi connectivity index (χ0) is 24.0. The number of nitrogens with zero attached hydrogens (tertiary/aromatic N) is 2. The van der Waals surface area contributed by atoms with Gasteiger partial charge in [-0.15, -0.1) is 0 Å². The molecular weight excluding hydrogens is 440 g/mol. The van der Waals surface area contributed by atoms with Crippen LogP contribution in [0.15, 0.2) is 42.5 Å². The van der Waals surface area contributed by atoms with E-state index in [4.69, 9.17) is 4.74 Å². The van der Waals surface area contributed by atoms with Crippen LogP contribution in [0.2, 0.25) is 0 Å². The molecule has 0 unspecified atom stereocenters. The van der Waals surface area contributed by atoms with E-state index in [-0.39, 0.29) is 17.7 Å². The number of carbonyl (C=O) groups is 2. The second-order valence-corrected chi connectivity index (χ2v) is 9.85. The molecule has 2 amide bonds. The average molecular weight is 477 g/mol. The molecule has 3 aliphatic rings. The van der Waals surface area contributed by atoms with Gasteiger partial charge >= 0.3 is 0 Å². The molecule has 0 bridgehead atoms. The quantitative estimate of drug-likeness (QED) is 0.571. The Labute approximate surface area is 207 Å². The van der Waals surface area contributed by atoms with Crippen LogP contribution in [0, 0.1) is 5.92 Å². The van der Waals surface area contributed by atoms with Crippen molar-refractivity contribution in [1.29, 1.82) is 0 Å². The lowest BCUT2D eigenvalue weighted by atomic mass is 9.85. The highest BCUT2D eigenvalue weighted by Crippen LogP contribution is 2.31. The Hall–Kier alpha value is -2.90. The Kier molecular flexibility index (Phi) is 7.64. The summed E-state index contributed by atoms with van der Waals surface area (Å²) in [5.41, 5.74) is 4.93. The Morgan fingerprint density at radius 1 is 1.00 bits per heavy atom. The molecule has 1 saturated carbocycles. The minimum atomic E-state index is -0.0828. The third-order valence-electron chi connectivity index (χ3n) is 7.50. The number of anilines is 2. The van der Waals surface area contributed by atoms with Crippen molar-refractivity contribution in [2.75, 3.05) is 56.2 Å². The second kappa shape index (κ2) is 11.2. The van der Waals surface area contributed by atoms with Crippen LogP contribution < -0.4 is 15.5 Å². The molecule has 2 heterocycles. The van der Waals surface area contributed by atoms with Gasteiger partial charge in [0, 0.05) is 50.0 Å². The lowest BCUT2D eigenvalue weighted by Gasteiger charge is -2.32. The van der Waals surface area contributed by atoms with Gasteiger partial charge in [0.15, 0.2) is 0 Å². The molecule has 1 aliphatic carbocycles. The van der Waals surface area contributed by atoms with E-state index < -0.39 is 0 Å². The highest BCUT2D eigenvalue weighted by atomic mass is 16.5. The van der Waals surface area contributed by atoms with Gasteiger partial charge in [0.25, 0.3) is 5.91 Å². The number of fused-ring (bicyclic) bond motifs is 1. The summed E-state index contributed by atoms with van der Waals surface area (Å²) in [6.07, 6.45) is 4.87. The number of amides is 2. The van der Waals surface area contributed by atoms with Gasteiger partial charge in [-0.05, 0) is 61.6 Å². The Bertz CT molecular complexity index is 1050. The molecule has 2 aromatic rings. The molecule has 2 aliphatic heterocycles. The zero-order valence-corrected chi connectivity index (χ0v) is 20.4. The summed E-state index contributed by atoms with van der Waals surface area (Å²) in [6, 6.07) is 14.3. The zero-order valence-electron chi connectivity index (χ0n) is 20.4. The molecule has 0 atom stereocenters. The number of nitrogens with one attached hydrogen (secondary N) is 2. The van der Waals surface area contributed by atoms with E-state index in [1.54, 1.807) is 0 Å². The second-order valence-electron chi connectivity index (χ2n) is 9.85. The summed E-state index contributed by atoms with van der Waals surface area (Å²) in [5.74, 6) is 0.0825. The molecule has 2 N–H and O–H groups in total. The van der Waals surface area contributed by atoms with Gasteiger partial charge in [0.05, 0.1) is 18.8 Å². The molecule has 1 saturated heterocycles. The largest absolute Gasteiger partial charge is 0.379 e. The summed E-state index contributed by atoms with van der Waals surface area (Å²) in [7, 11) is 0. The summed E-state index contributed by atoms with van der Waals surface area (Å²) in [6.45, 7) is 6.70. The van der Waals surface area contributed by atoms with E-state index >= 15 is 0 Å². The third-order valence-corrected chi connectivity index (χ3v) is 7.50. The molecule has 2 aromatic carbocycles. The number of morpholine rings is 1. The van der Waals surface area contributed by atoms with Crippen molar-refractivity contribution in [1.82, 2.24) is 10.2 Å². The van der Waals surface area contributed by atoms with Crippen molar-refractivity contribution in [3.05, 3.63) is 59.2 Å². The molecule has 186 valence electrons. The molecular formula is C28H36N4O3. The molecule has 7 heteroatoms. The van der Waals surface area contributed by atoms with E-state index in [0.717, 1.165) is 83.7 Å². The van der Waals surface area contributed by atoms with E-state index in [2.05, 4.69) is 44.7 Å². The van der Waals surface area contributed by atoms with Gasteiger partial charge in [-0.25, -0.2) is 0 Å². The maximum absolute atomic E-state index is 13.4. The summed E-state index contributed by atoms with van der Waals surface area (Å²) in [5, 5.41) is 6.17. The molecule has 0 aromatic heterocycles. The van der Waals surface area contributed by atoms with Crippen LogP contribution in [-0.4, -0.2) is 62.7 Å². The number of hydrogen-bond acceptors (Lipinski definition) is 5. The molecule has 5 rings (SSSR count). The lowest BCUT2D eigenvalue weighted by molar-refractivity contribution is -0.122. The van der Waals surface area contributed by atoms with Gasteiger partial charge in [0.2, 0.25) is 5.91 Å². The minimum absolute atomic E-state index is 0.0627. The number of carbonyl (C=O) groups excluding carboxylic acids is 2. The van der Waals surface area contributed by atoms with Crippen LogP contribution in [0.5, 0.6) is 0 Å². The molecule has 35 heavy (non-hydrogen) atoms. The number of hydrogen-bond donors (Lipinski definition) is 2. The fraction of sp³-hybridized carbons (Fsp3) is 0.500. The topological polar surface area (TPSA) is 73.9 Å². The lowest BCUT2D eigenvalue weighted by Crippen LogP contribution is -2.38.